The first-order chi connectivity index (χ1) is 12.1. The zero-order chi connectivity index (χ0) is 17.8. The van der Waals surface area contributed by atoms with E-state index in [1.54, 1.807) is 11.3 Å². The fourth-order valence-electron chi connectivity index (χ4n) is 2.45. The Morgan fingerprint density at radius 2 is 1.92 bits per heavy atom. The van der Waals surface area contributed by atoms with E-state index < -0.39 is 0 Å². The Hall–Kier alpha value is -2.18. The lowest BCUT2D eigenvalue weighted by atomic mass is 10.1. The van der Waals surface area contributed by atoms with Gasteiger partial charge in [-0.25, -0.2) is 9.97 Å². The molecule has 0 fully saturated rings. The number of aryl methyl sites for hydroxylation is 2. The van der Waals surface area contributed by atoms with Crippen molar-refractivity contribution in [3.63, 3.8) is 0 Å². The topological polar surface area (TPSA) is 54.9 Å². The van der Waals surface area contributed by atoms with Gasteiger partial charge < -0.3 is 5.32 Å². The van der Waals surface area contributed by atoms with Crippen LogP contribution in [0.15, 0.2) is 46.8 Å². The van der Waals surface area contributed by atoms with E-state index in [0.29, 0.717) is 28.7 Å². The Morgan fingerprint density at radius 1 is 1.16 bits per heavy atom. The summed E-state index contributed by atoms with van der Waals surface area (Å²) in [6, 6.07) is 12.1. The van der Waals surface area contributed by atoms with Crippen LogP contribution in [0.2, 0.25) is 0 Å². The number of thioether (sulfide) groups is 1. The van der Waals surface area contributed by atoms with Crippen molar-refractivity contribution in [1.82, 2.24) is 15.3 Å². The number of hydrogen-bond donors (Lipinski definition) is 1. The summed E-state index contributed by atoms with van der Waals surface area (Å²) in [5, 5.41) is 5.68. The standard InChI is InChI=1S/C19H19N3OS2/c1-12-6-8-14(9-7-12)11-20-18(23)16-13(2)21-17(22-19(16)24-3)15-5-4-10-25-15/h4-10H,11H2,1-3H3,(H,20,23). The van der Waals surface area contributed by atoms with Gasteiger partial charge in [-0.2, -0.15) is 0 Å². The van der Waals surface area contributed by atoms with E-state index in [1.807, 2.05) is 61.9 Å². The Labute approximate surface area is 155 Å². The van der Waals surface area contributed by atoms with E-state index in [0.717, 1.165) is 10.4 Å². The highest BCUT2D eigenvalue weighted by Crippen LogP contribution is 2.27. The van der Waals surface area contributed by atoms with Crippen molar-refractivity contribution in [3.05, 3.63) is 64.2 Å². The third kappa shape index (κ3) is 4.08. The van der Waals surface area contributed by atoms with Crippen molar-refractivity contribution in [3.8, 4) is 10.7 Å². The predicted octanol–water partition coefficient (Wildman–Crippen LogP) is 4.47. The molecule has 0 aliphatic rings. The van der Waals surface area contributed by atoms with Crippen LogP contribution in [-0.4, -0.2) is 22.1 Å². The highest BCUT2D eigenvalue weighted by atomic mass is 32.2. The Morgan fingerprint density at radius 3 is 2.56 bits per heavy atom. The van der Waals surface area contributed by atoms with Gasteiger partial charge in [-0.15, -0.1) is 23.1 Å². The molecule has 0 aliphatic heterocycles. The molecule has 3 aromatic rings. The van der Waals surface area contributed by atoms with E-state index in [1.165, 1.54) is 17.3 Å². The average molecular weight is 370 g/mol. The first kappa shape index (κ1) is 17.6. The third-order valence-corrected chi connectivity index (χ3v) is 5.34. The molecule has 0 aliphatic carbocycles. The van der Waals surface area contributed by atoms with Gasteiger partial charge in [-0.05, 0) is 37.1 Å². The number of carbonyl (C=O) groups excluding carboxylic acids is 1. The zero-order valence-corrected chi connectivity index (χ0v) is 16.0. The number of amides is 1. The maximum atomic E-state index is 12.7. The van der Waals surface area contributed by atoms with Crippen molar-refractivity contribution in [2.45, 2.75) is 25.4 Å². The molecule has 0 unspecified atom stereocenters. The lowest BCUT2D eigenvalue weighted by molar-refractivity contribution is 0.0946. The molecule has 0 atom stereocenters. The summed E-state index contributed by atoms with van der Waals surface area (Å²) in [5.41, 5.74) is 3.52. The Balaban J connectivity index is 1.83. The van der Waals surface area contributed by atoms with Crippen LogP contribution >= 0.6 is 23.1 Å². The number of thiophene rings is 1. The van der Waals surface area contributed by atoms with Crippen LogP contribution in [0.3, 0.4) is 0 Å². The first-order valence-corrected chi connectivity index (χ1v) is 9.99. The van der Waals surface area contributed by atoms with E-state index in [9.17, 15) is 4.79 Å². The van der Waals surface area contributed by atoms with Gasteiger partial charge in [-0.1, -0.05) is 35.9 Å². The Bertz CT molecular complexity index is 874. The minimum atomic E-state index is -0.139. The van der Waals surface area contributed by atoms with Gasteiger partial charge in [0.2, 0.25) is 0 Å². The van der Waals surface area contributed by atoms with Crippen molar-refractivity contribution in [1.29, 1.82) is 0 Å². The van der Waals surface area contributed by atoms with Crippen LogP contribution in [0.25, 0.3) is 10.7 Å². The van der Waals surface area contributed by atoms with Gasteiger partial charge >= 0.3 is 0 Å². The minimum Gasteiger partial charge on any atom is -0.348 e. The summed E-state index contributed by atoms with van der Waals surface area (Å²) in [7, 11) is 0. The first-order valence-electron chi connectivity index (χ1n) is 7.88. The molecule has 0 saturated carbocycles. The molecular formula is C19H19N3OS2. The van der Waals surface area contributed by atoms with Crippen LogP contribution in [0.5, 0.6) is 0 Å². The zero-order valence-electron chi connectivity index (χ0n) is 14.4. The lowest BCUT2D eigenvalue weighted by Crippen LogP contribution is -2.25. The number of hydrogen-bond acceptors (Lipinski definition) is 5. The molecular weight excluding hydrogens is 350 g/mol. The highest BCUT2D eigenvalue weighted by molar-refractivity contribution is 7.98. The molecule has 0 bridgehead atoms. The summed E-state index contributed by atoms with van der Waals surface area (Å²) >= 11 is 3.06. The molecule has 6 heteroatoms. The predicted molar refractivity (Wildman–Crippen MR) is 104 cm³/mol. The second-order valence-electron chi connectivity index (χ2n) is 5.66. The second-order valence-corrected chi connectivity index (χ2v) is 7.41. The maximum absolute atomic E-state index is 12.7. The van der Waals surface area contributed by atoms with Crippen molar-refractivity contribution < 1.29 is 4.79 Å². The van der Waals surface area contributed by atoms with E-state index in [2.05, 4.69) is 15.3 Å². The molecule has 1 amide bonds. The number of carbonyl (C=O) groups is 1. The molecule has 0 saturated heterocycles. The smallest absolute Gasteiger partial charge is 0.256 e. The third-order valence-electron chi connectivity index (χ3n) is 3.79. The fraction of sp³-hybridized carbons (Fsp3) is 0.211. The number of aromatic nitrogens is 2. The molecule has 2 heterocycles. The molecule has 1 aromatic carbocycles. The van der Waals surface area contributed by atoms with Crippen LogP contribution in [0.1, 0.15) is 27.2 Å². The molecule has 1 N–H and O–H groups in total. The largest absolute Gasteiger partial charge is 0.348 e. The SMILES string of the molecule is CSc1nc(-c2cccs2)nc(C)c1C(=O)NCc1ccc(C)cc1. The molecule has 0 radical (unpaired) electrons. The fourth-order valence-corrected chi connectivity index (χ4v) is 3.73. The summed E-state index contributed by atoms with van der Waals surface area (Å²) in [4.78, 5) is 22.8. The monoisotopic (exact) mass is 369 g/mol. The van der Waals surface area contributed by atoms with Crippen molar-refractivity contribution in [2.75, 3.05) is 6.26 Å². The minimum absolute atomic E-state index is 0.139. The molecule has 4 nitrogen and oxygen atoms in total. The second kappa shape index (κ2) is 7.80. The van der Waals surface area contributed by atoms with Gasteiger partial charge in [-0.3, -0.25) is 4.79 Å². The summed E-state index contributed by atoms with van der Waals surface area (Å²) < 4.78 is 0. The van der Waals surface area contributed by atoms with Crippen LogP contribution < -0.4 is 5.32 Å². The number of rotatable bonds is 5. The summed E-state index contributed by atoms with van der Waals surface area (Å²) in [6.45, 7) is 4.39. The number of nitrogens with zero attached hydrogens (tertiary/aromatic N) is 2. The summed E-state index contributed by atoms with van der Waals surface area (Å²) in [5.74, 6) is 0.534. The summed E-state index contributed by atoms with van der Waals surface area (Å²) in [6.07, 6.45) is 1.93. The van der Waals surface area contributed by atoms with Crippen molar-refractivity contribution in [2.24, 2.45) is 0 Å². The van der Waals surface area contributed by atoms with E-state index in [-0.39, 0.29) is 5.91 Å². The average Bonchev–Trinajstić information content (AvgIpc) is 3.15. The quantitative estimate of drug-likeness (QED) is 0.532. The molecule has 3 rings (SSSR count). The van der Waals surface area contributed by atoms with Gasteiger partial charge in [0, 0.05) is 6.54 Å². The number of nitrogens with one attached hydrogen (secondary N) is 1. The Kier molecular flexibility index (Phi) is 5.50. The van der Waals surface area contributed by atoms with E-state index >= 15 is 0 Å². The normalized spacial score (nSPS) is 10.7. The van der Waals surface area contributed by atoms with Crippen LogP contribution in [0, 0.1) is 13.8 Å². The lowest BCUT2D eigenvalue weighted by Gasteiger charge is -2.12. The van der Waals surface area contributed by atoms with Gasteiger partial charge in [0.15, 0.2) is 5.82 Å². The highest BCUT2D eigenvalue weighted by Gasteiger charge is 2.19. The van der Waals surface area contributed by atoms with Gasteiger partial charge in [0.05, 0.1) is 16.1 Å². The molecule has 0 spiro atoms. The molecule has 25 heavy (non-hydrogen) atoms. The van der Waals surface area contributed by atoms with Crippen LogP contribution in [0.4, 0.5) is 0 Å². The van der Waals surface area contributed by atoms with E-state index in [4.69, 9.17) is 0 Å². The maximum Gasteiger partial charge on any atom is 0.256 e. The van der Waals surface area contributed by atoms with Gasteiger partial charge in [0.25, 0.3) is 5.91 Å². The van der Waals surface area contributed by atoms with Crippen LogP contribution in [-0.2, 0) is 6.54 Å². The molecule has 128 valence electrons. The number of benzene rings is 1. The molecule has 2 aromatic heterocycles. The van der Waals surface area contributed by atoms with Gasteiger partial charge in [0.1, 0.15) is 5.03 Å². The van der Waals surface area contributed by atoms with Crippen molar-refractivity contribution >= 4 is 29.0 Å².